The monoisotopic (exact) mass is 425 g/mol. The first-order valence-corrected chi connectivity index (χ1v) is 11.0. The quantitative estimate of drug-likeness (QED) is 0.414. The van der Waals surface area contributed by atoms with Crippen molar-refractivity contribution in [3.63, 3.8) is 0 Å². The maximum Gasteiger partial charge on any atom is 0.262 e. The Morgan fingerprint density at radius 1 is 1.20 bits per heavy atom. The van der Waals surface area contributed by atoms with Crippen molar-refractivity contribution < 1.29 is 9.53 Å². The topological polar surface area (TPSA) is 73.2 Å². The highest BCUT2D eigenvalue weighted by Crippen LogP contribution is 2.23. The van der Waals surface area contributed by atoms with Gasteiger partial charge in [0.05, 0.1) is 23.3 Å². The van der Waals surface area contributed by atoms with E-state index in [1.54, 1.807) is 17.7 Å². The van der Waals surface area contributed by atoms with E-state index in [1.165, 1.54) is 11.8 Å². The molecule has 1 amide bonds. The summed E-state index contributed by atoms with van der Waals surface area (Å²) in [5, 5.41) is 3.76. The summed E-state index contributed by atoms with van der Waals surface area (Å²) in [5.41, 5.74) is 1.59. The summed E-state index contributed by atoms with van der Waals surface area (Å²) in [6.07, 6.45) is 1.85. The molecule has 0 saturated carbocycles. The maximum atomic E-state index is 13.0. The van der Waals surface area contributed by atoms with E-state index in [9.17, 15) is 9.59 Å². The van der Waals surface area contributed by atoms with Crippen LogP contribution in [0.15, 0.2) is 58.5 Å². The Morgan fingerprint density at radius 2 is 1.93 bits per heavy atom. The van der Waals surface area contributed by atoms with E-state index >= 15 is 0 Å². The predicted molar refractivity (Wildman–Crippen MR) is 121 cm³/mol. The second-order valence-corrected chi connectivity index (χ2v) is 8.36. The van der Waals surface area contributed by atoms with Crippen LogP contribution in [0.1, 0.15) is 32.3 Å². The number of benzene rings is 2. The first-order chi connectivity index (χ1) is 14.5. The number of nitrogens with zero attached hydrogens (tertiary/aromatic N) is 2. The number of amides is 1. The van der Waals surface area contributed by atoms with Gasteiger partial charge in [0.25, 0.3) is 5.56 Å². The molecule has 6 nitrogen and oxygen atoms in total. The Hall–Kier alpha value is -2.80. The van der Waals surface area contributed by atoms with Crippen LogP contribution in [-0.2, 0) is 17.9 Å². The molecular weight excluding hydrogens is 398 g/mol. The number of carbonyl (C=O) groups excluding carboxylic acids is 1. The minimum atomic E-state index is -0.385. The molecule has 1 aromatic heterocycles. The highest BCUT2D eigenvalue weighted by atomic mass is 32.2. The molecule has 1 atom stereocenters. The van der Waals surface area contributed by atoms with Gasteiger partial charge in [-0.25, -0.2) is 4.98 Å². The van der Waals surface area contributed by atoms with Crippen molar-refractivity contribution in [2.45, 2.75) is 50.2 Å². The summed E-state index contributed by atoms with van der Waals surface area (Å²) in [4.78, 5) is 30.3. The lowest BCUT2D eigenvalue weighted by atomic mass is 10.2. The molecule has 0 radical (unpaired) electrons. The molecule has 30 heavy (non-hydrogen) atoms. The van der Waals surface area contributed by atoms with Crippen LogP contribution < -0.4 is 15.6 Å². The molecule has 0 aliphatic heterocycles. The predicted octanol–water partition coefficient (Wildman–Crippen LogP) is 4.00. The standard InChI is InChI=1S/C23H27N3O3S/c1-4-5-14-26-22(28)19-8-6-7-9-20(19)25-23(26)30-16(2)21(27)24-15-17-10-12-18(29-3)13-11-17/h6-13,16H,4-5,14-15H2,1-3H3,(H,24,27)/t16-/m0/s1. The molecule has 0 bridgehead atoms. The van der Waals surface area contributed by atoms with Crippen molar-refractivity contribution >= 4 is 28.6 Å². The average Bonchev–Trinajstić information content (AvgIpc) is 2.77. The summed E-state index contributed by atoms with van der Waals surface area (Å²) >= 11 is 1.32. The Balaban J connectivity index is 1.74. The van der Waals surface area contributed by atoms with E-state index in [0.29, 0.717) is 29.1 Å². The third kappa shape index (κ3) is 5.21. The van der Waals surface area contributed by atoms with Crippen LogP contribution in [-0.4, -0.2) is 27.8 Å². The highest BCUT2D eigenvalue weighted by Gasteiger charge is 2.19. The van der Waals surface area contributed by atoms with E-state index in [4.69, 9.17) is 4.74 Å². The zero-order chi connectivity index (χ0) is 21.5. The van der Waals surface area contributed by atoms with Crippen LogP contribution in [0.3, 0.4) is 0 Å². The van der Waals surface area contributed by atoms with Gasteiger partial charge in [0.1, 0.15) is 5.75 Å². The lowest BCUT2D eigenvalue weighted by Gasteiger charge is -2.16. The molecule has 3 aromatic rings. The number of unbranched alkanes of at least 4 members (excludes halogenated alkanes) is 1. The molecule has 3 rings (SSSR count). The zero-order valence-corrected chi connectivity index (χ0v) is 18.4. The molecule has 0 aliphatic rings. The van der Waals surface area contributed by atoms with Crippen molar-refractivity contribution in [1.29, 1.82) is 0 Å². The molecule has 158 valence electrons. The third-order valence-corrected chi connectivity index (χ3v) is 5.93. The fourth-order valence-corrected chi connectivity index (χ4v) is 4.00. The maximum absolute atomic E-state index is 13.0. The molecule has 0 unspecified atom stereocenters. The van der Waals surface area contributed by atoms with E-state index < -0.39 is 0 Å². The van der Waals surface area contributed by atoms with E-state index in [-0.39, 0.29) is 16.7 Å². The van der Waals surface area contributed by atoms with Crippen LogP contribution in [0.2, 0.25) is 0 Å². The van der Waals surface area contributed by atoms with Gasteiger partial charge < -0.3 is 10.1 Å². The molecule has 7 heteroatoms. The summed E-state index contributed by atoms with van der Waals surface area (Å²) in [6, 6.07) is 14.9. The number of para-hydroxylation sites is 1. The molecular formula is C23H27N3O3S. The van der Waals surface area contributed by atoms with Crippen molar-refractivity contribution in [3.8, 4) is 5.75 Å². The number of hydrogen-bond acceptors (Lipinski definition) is 5. The van der Waals surface area contributed by atoms with Gasteiger partial charge in [-0.15, -0.1) is 0 Å². The number of fused-ring (bicyclic) bond motifs is 1. The van der Waals surface area contributed by atoms with Crippen molar-refractivity contribution in [2.24, 2.45) is 0 Å². The van der Waals surface area contributed by atoms with Gasteiger partial charge in [0.15, 0.2) is 5.16 Å². The Bertz CT molecular complexity index is 1060. The second-order valence-electron chi connectivity index (χ2n) is 7.05. The Labute approximate surface area is 180 Å². The van der Waals surface area contributed by atoms with E-state index in [2.05, 4.69) is 17.2 Å². The van der Waals surface area contributed by atoms with Gasteiger partial charge >= 0.3 is 0 Å². The molecule has 1 N–H and O–H groups in total. The number of rotatable bonds is 9. The van der Waals surface area contributed by atoms with Gasteiger partial charge in [0, 0.05) is 13.1 Å². The Kier molecular flexibility index (Phi) is 7.52. The molecule has 1 heterocycles. The first kappa shape index (κ1) is 21.9. The average molecular weight is 426 g/mol. The van der Waals surface area contributed by atoms with Crippen molar-refractivity contribution in [2.75, 3.05) is 7.11 Å². The Morgan fingerprint density at radius 3 is 2.63 bits per heavy atom. The normalized spacial score (nSPS) is 12.0. The van der Waals surface area contributed by atoms with Crippen LogP contribution in [0.25, 0.3) is 10.9 Å². The van der Waals surface area contributed by atoms with Crippen LogP contribution in [0, 0.1) is 0 Å². The van der Waals surface area contributed by atoms with E-state index in [0.717, 1.165) is 24.2 Å². The summed E-state index contributed by atoms with van der Waals surface area (Å²) in [5.74, 6) is 0.682. The zero-order valence-electron chi connectivity index (χ0n) is 17.6. The number of nitrogens with one attached hydrogen (secondary N) is 1. The summed E-state index contributed by atoms with van der Waals surface area (Å²) in [6.45, 7) is 4.94. The molecule has 0 spiro atoms. The van der Waals surface area contributed by atoms with Gasteiger partial charge in [-0.05, 0) is 43.2 Å². The van der Waals surface area contributed by atoms with Gasteiger partial charge in [-0.3, -0.25) is 14.2 Å². The van der Waals surface area contributed by atoms with Crippen molar-refractivity contribution in [1.82, 2.24) is 14.9 Å². The third-order valence-electron chi connectivity index (χ3n) is 4.84. The molecule has 0 saturated heterocycles. The fraction of sp³-hybridized carbons (Fsp3) is 0.348. The van der Waals surface area contributed by atoms with Crippen LogP contribution in [0.5, 0.6) is 5.75 Å². The lowest BCUT2D eigenvalue weighted by Crippen LogP contribution is -2.31. The lowest BCUT2D eigenvalue weighted by molar-refractivity contribution is -0.120. The van der Waals surface area contributed by atoms with Gasteiger partial charge in [0.2, 0.25) is 5.91 Å². The molecule has 0 fully saturated rings. The van der Waals surface area contributed by atoms with E-state index in [1.807, 2.05) is 49.4 Å². The molecule has 2 aromatic carbocycles. The number of carbonyl (C=O) groups is 1. The first-order valence-electron chi connectivity index (χ1n) is 10.1. The number of thioether (sulfide) groups is 1. The summed E-state index contributed by atoms with van der Waals surface area (Å²) in [7, 11) is 1.62. The second kappa shape index (κ2) is 10.3. The smallest absolute Gasteiger partial charge is 0.262 e. The number of methoxy groups -OCH3 is 1. The minimum Gasteiger partial charge on any atom is -0.497 e. The van der Waals surface area contributed by atoms with Gasteiger partial charge in [-0.2, -0.15) is 0 Å². The van der Waals surface area contributed by atoms with Gasteiger partial charge in [-0.1, -0.05) is 49.4 Å². The molecule has 0 aliphatic carbocycles. The minimum absolute atomic E-state index is 0.0533. The summed E-state index contributed by atoms with van der Waals surface area (Å²) < 4.78 is 6.85. The number of hydrogen-bond donors (Lipinski definition) is 1. The van der Waals surface area contributed by atoms with Crippen LogP contribution >= 0.6 is 11.8 Å². The highest BCUT2D eigenvalue weighted by molar-refractivity contribution is 8.00. The van der Waals surface area contributed by atoms with Crippen LogP contribution in [0.4, 0.5) is 0 Å². The SMILES string of the molecule is CCCCn1c(S[C@@H](C)C(=O)NCc2ccc(OC)cc2)nc2ccccc2c1=O. The largest absolute Gasteiger partial charge is 0.497 e. The number of aromatic nitrogens is 2. The fourth-order valence-electron chi connectivity index (χ4n) is 3.04. The number of ether oxygens (including phenoxy) is 1. The van der Waals surface area contributed by atoms with Crippen molar-refractivity contribution in [3.05, 3.63) is 64.4 Å².